The third kappa shape index (κ3) is 4.21. The summed E-state index contributed by atoms with van der Waals surface area (Å²) >= 11 is 7.62. The van der Waals surface area contributed by atoms with Crippen LogP contribution in [0.4, 0.5) is 0 Å². The first kappa shape index (κ1) is 14.3. The monoisotopic (exact) mass is 287 g/mol. The molecule has 1 atom stereocenters. The maximum Gasteiger partial charge on any atom is 0.0931 e. The van der Waals surface area contributed by atoms with Gasteiger partial charge in [-0.2, -0.15) is 0 Å². The highest BCUT2D eigenvalue weighted by molar-refractivity contribution is 7.16. The molecule has 0 aromatic carbocycles. The van der Waals surface area contributed by atoms with E-state index in [0.29, 0.717) is 6.04 Å². The van der Waals surface area contributed by atoms with E-state index < -0.39 is 0 Å². The molecule has 0 radical (unpaired) electrons. The summed E-state index contributed by atoms with van der Waals surface area (Å²) in [5.41, 5.74) is 0. The molecule has 0 bridgehead atoms. The average Bonchev–Trinajstić information content (AvgIpc) is 2.78. The Morgan fingerprint density at radius 3 is 2.67 bits per heavy atom. The molecule has 0 spiro atoms. The van der Waals surface area contributed by atoms with E-state index in [4.69, 9.17) is 11.6 Å². The van der Waals surface area contributed by atoms with Gasteiger partial charge in [0.2, 0.25) is 0 Å². The lowest BCUT2D eigenvalue weighted by Gasteiger charge is -2.32. The highest BCUT2D eigenvalue weighted by Crippen LogP contribution is 2.26. The highest BCUT2D eigenvalue weighted by atomic mass is 35.5. The minimum Gasteiger partial charge on any atom is -0.308 e. The lowest BCUT2D eigenvalue weighted by atomic mass is 10.2. The molecule has 0 aliphatic carbocycles. The maximum atomic E-state index is 5.95. The van der Waals surface area contributed by atoms with E-state index in [2.05, 4.69) is 35.2 Å². The van der Waals surface area contributed by atoms with Gasteiger partial charge in [-0.05, 0) is 26.1 Å². The van der Waals surface area contributed by atoms with Crippen molar-refractivity contribution in [2.75, 3.05) is 46.3 Å². The third-order valence-electron chi connectivity index (χ3n) is 3.50. The SMILES string of the molecule is CC(NCCN1CCN(C)CC1)c1ccc(Cl)s1. The Hall–Kier alpha value is -0.130. The van der Waals surface area contributed by atoms with Crippen LogP contribution in [0, 0.1) is 0 Å². The van der Waals surface area contributed by atoms with E-state index in [-0.39, 0.29) is 0 Å². The molecule has 1 aliphatic rings. The first-order chi connectivity index (χ1) is 8.65. The van der Waals surface area contributed by atoms with Crippen molar-refractivity contribution < 1.29 is 0 Å². The van der Waals surface area contributed by atoms with Gasteiger partial charge in [-0.25, -0.2) is 0 Å². The zero-order chi connectivity index (χ0) is 13.0. The van der Waals surface area contributed by atoms with E-state index in [0.717, 1.165) is 17.4 Å². The molecule has 2 rings (SSSR count). The van der Waals surface area contributed by atoms with Gasteiger partial charge in [0.15, 0.2) is 0 Å². The van der Waals surface area contributed by atoms with Gasteiger partial charge in [0, 0.05) is 50.2 Å². The molecular weight excluding hydrogens is 266 g/mol. The number of halogens is 1. The fourth-order valence-electron chi connectivity index (χ4n) is 2.17. The van der Waals surface area contributed by atoms with E-state index >= 15 is 0 Å². The first-order valence-corrected chi connectivity index (χ1v) is 7.74. The normalized spacial score (nSPS) is 20.2. The summed E-state index contributed by atoms with van der Waals surface area (Å²) in [5.74, 6) is 0. The molecule has 1 saturated heterocycles. The molecule has 1 fully saturated rings. The average molecular weight is 288 g/mol. The van der Waals surface area contributed by atoms with Crippen molar-refractivity contribution in [2.24, 2.45) is 0 Å². The van der Waals surface area contributed by atoms with Crippen molar-refractivity contribution in [3.8, 4) is 0 Å². The number of hydrogen-bond acceptors (Lipinski definition) is 4. The van der Waals surface area contributed by atoms with Crippen LogP contribution in [0.15, 0.2) is 12.1 Å². The van der Waals surface area contributed by atoms with Gasteiger partial charge in [-0.15, -0.1) is 11.3 Å². The molecule has 1 N–H and O–H groups in total. The molecule has 0 amide bonds. The molecule has 2 heterocycles. The lowest BCUT2D eigenvalue weighted by Crippen LogP contribution is -2.46. The number of piperazine rings is 1. The Kier molecular flexibility index (Phi) is 5.45. The number of nitrogens with zero attached hydrogens (tertiary/aromatic N) is 2. The van der Waals surface area contributed by atoms with Gasteiger partial charge in [-0.3, -0.25) is 4.90 Å². The van der Waals surface area contributed by atoms with Crippen molar-refractivity contribution in [2.45, 2.75) is 13.0 Å². The second-order valence-corrected chi connectivity index (χ2v) is 6.71. The minimum atomic E-state index is 0.398. The molecule has 1 aromatic rings. The van der Waals surface area contributed by atoms with E-state index in [9.17, 15) is 0 Å². The van der Waals surface area contributed by atoms with E-state index in [1.165, 1.54) is 31.1 Å². The summed E-state index contributed by atoms with van der Waals surface area (Å²) in [7, 11) is 2.19. The smallest absolute Gasteiger partial charge is 0.0931 e. The van der Waals surface area contributed by atoms with Crippen LogP contribution in [0.25, 0.3) is 0 Å². The summed E-state index contributed by atoms with van der Waals surface area (Å²) in [5, 5.41) is 3.57. The van der Waals surface area contributed by atoms with Crippen molar-refractivity contribution in [1.29, 1.82) is 0 Å². The Balaban J connectivity index is 1.66. The Morgan fingerprint density at radius 1 is 1.33 bits per heavy atom. The van der Waals surface area contributed by atoms with Crippen LogP contribution < -0.4 is 5.32 Å². The van der Waals surface area contributed by atoms with Crippen LogP contribution in [0.1, 0.15) is 17.8 Å². The Morgan fingerprint density at radius 2 is 2.06 bits per heavy atom. The van der Waals surface area contributed by atoms with Crippen LogP contribution in [0.3, 0.4) is 0 Å². The van der Waals surface area contributed by atoms with Gasteiger partial charge in [0.1, 0.15) is 0 Å². The zero-order valence-corrected chi connectivity index (χ0v) is 12.7. The molecule has 1 aliphatic heterocycles. The van der Waals surface area contributed by atoms with E-state index in [1.54, 1.807) is 11.3 Å². The standard InChI is InChI=1S/C13H22ClN3S/c1-11(12-3-4-13(14)18-12)15-5-6-17-9-7-16(2)8-10-17/h3-4,11,15H,5-10H2,1-2H3. The van der Waals surface area contributed by atoms with Gasteiger partial charge in [0.25, 0.3) is 0 Å². The van der Waals surface area contributed by atoms with Crippen molar-refractivity contribution >= 4 is 22.9 Å². The van der Waals surface area contributed by atoms with Crippen LogP contribution in [-0.4, -0.2) is 56.1 Å². The predicted molar refractivity (Wildman–Crippen MR) is 79.7 cm³/mol. The predicted octanol–water partition coefficient (Wildman–Crippen LogP) is 2.30. The van der Waals surface area contributed by atoms with Gasteiger partial charge in [0.05, 0.1) is 4.34 Å². The van der Waals surface area contributed by atoms with Crippen molar-refractivity contribution in [3.63, 3.8) is 0 Å². The zero-order valence-electron chi connectivity index (χ0n) is 11.2. The Bertz CT molecular complexity index is 361. The molecule has 1 aromatic heterocycles. The fourth-order valence-corrected chi connectivity index (χ4v) is 3.26. The van der Waals surface area contributed by atoms with Crippen LogP contribution in [0.2, 0.25) is 4.34 Å². The molecule has 18 heavy (non-hydrogen) atoms. The lowest BCUT2D eigenvalue weighted by molar-refractivity contribution is 0.154. The maximum absolute atomic E-state index is 5.95. The van der Waals surface area contributed by atoms with Crippen LogP contribution >= 0.6 is 22.9 Å². The van der Waals surface area contributed by atoms with Crippen molar-refractivity contribution in [1.82, 2.24) is 15.1 Å². The number of rotatable bonds is 5. The summed E-state index contributed by atoms with van der Waals surface area (Å²) < 4.78 is 0.873. The molecule has 1 unspecified atom stereocenters. The molecule has 102 valence electrons. The number of hydrogen-bond donors (Lipinski definition) is 1. The number of likely N-dealkylation sites (N-methyl/N-ethyl adjacent to an activating group) is 1. The summed E-state index contributed by atoms with van der Waals surface area (Å²) in [6.07, 6.45) is 0. The number of thiophene rings is 1. The quantitative estimate of drug-likeness (QED) is 0.896. The fraction of sp³-hybridized carbons (Fsp3) is 0.692. The van der Waals surface area contributed by atoms with Gasteiger partial charge >= 0.3 is 0 Å². The van der Waals surface area contributed by atoms with Crippen LogP contribution in [0.5, 0.6) is 0 Å². The molecule has 5 heteroatoms. The highest BCUT2D eigenvalue weighted by Gasteiger charge is 2.13. The van der Waals surface area contributed by atoms with Gasteiger partial charge in [-0.1, -0.05) is 11.6 Å². The topological polar surface area (TPSA) is 18.5 Å². The largest absolute Gasteiger partial charge is 0.308 e. The van der Waals surface area contributed by atoms with E-state index in [1.807, 2.05) is 6.07 Å². The van der Waals surface area contributed by atoms with Gasteiger partial charge < -0.3 is 10.2 Å². The molecule has 3 nitrogen and oxygen atoms in total. The minimum absolute atomic E-state index is 0.398. The summed E-state index contributed by atoms with van der Waals surface area (Å²) in [6, 6.07) is 4.48. The second-order valence-electron chi connectivity index (χ2n) is 4.96. The van der Waals surface area contributed by atoms with Crippen LogP contribution in [-0.2, 0) is 0 Å². The third-order valence-corrected chi connectivity index (χ3v) is 4.91. The molecular formula is C13H22ClN3S. The summed E-state index contributed by atoms with van der Waals surface area (Å²) in [4.78, 5) is 6.24. The first-order valence-electron chi connectivity index (χ1n) is 6.54. The number of nitrogens with one attached hydrogen (secondary N) is 1. The van der Waals surface area contributed by atoms with Crippen molar-refractivity contribution in [3.05, 3.63) is 21.3 Å². The second kappa shape index (κ2) is 6.87. The Labute approximate surface area is 119 Å². The molecule has 0 saturated carbocycles. The summed E-state index contributed by atoms with van der Waals surface area (Å²) in [6.45, 7) is 9.14.